The number of pyridine rings is 1. The minimum Gasteiger partial charge on any atom is -0.357 e. The number of amides is 1. The van der Waals surface area contributed by atoms with Crippen molar-refractivity contribution in [2.75, 3.05) is 5.32 Å². The maximum Gasteiger partial charge on any atom is 0.416 e. The van der Waals surface area contributed by atoms with Gasteiger partial charge in [-0.15, -0.1) is 0 Å². The van der Waals surface area contributed by atoms with Crippen molar-refractivity contribution >= 4 is 22.5 Å². The van der Waals surface area contributed by atoms with Gasteiger partial charge in [0.2, 0.25) is 0 Å². The lowest BCUT2D eigenvalue weighted by Crippen LogP contribution is -2.11. The molecular weight excluding hydrogens is 390 g/mol. The van der Waals surface area contributed by atoms with Gasteiger partial charge < -0.3 is 10.3 Å². The number of hydrogen-bond acceptors (Lipinski definition) is 3. The minimum absolute atomic E-state index is 0.202. The first-order valence-corrected chi connectivity index (χ1v) is 8.42. The van der Waals surface area contributed by atoms with Crippen LogP contribution in [0, 0.1) is 5.82 Å². The lowest BCUT2D eigenvalue weighted by molar-refractivity contribution is -0.137. The number of alkyl halides is 3. The zero-order valence-electron chi connectivity index (χ0n) is 14.7. The molecule has 1 amide bonds. The zero-order chi connectivity index (χ0) is 20.6. The Morgan fingerprint density at radius 2 is 1.90 bits per heavy atom. The first kappa shape index (κ1) is 18.7. The SMILES string of the molecule is O=C(Nc1c[nH]c2c(F)cncc12)c1cnn(Cc2ccc(C(F)(F)F)cc2)c1. The van der Waals surface area contributed by atoms with E-state index in [2.05, 4.69) is 20.4 Å². The molecule has 29 heavy (non-hydrogen) atoms. The first-order valence-electron chi connectivity index (χ1n) is 8.42. The van der Waals surface area contributed by atoms with Gasteiger partial charge in [0.05, 0.1) is 41.3 Å². The van der Waals surface area contributed by atoms with Gasteiger partial charge in [0, 0.05) is 24.0 Å². The highest BCUT2D eigenvalue weighted by Gasteiger charge is 2.29. The van der Waals surface area contributed by atoms with Crippen molar-refractivity contribution in [3.63, 3.8) is 0 Å². The summed E-state index contributed by atoms with van der Waals surface area (Å²) >= 11 is 0. The van der Waals surface area contributed by atoms with Crippen LogP contribution in [0.2, 0.25) is 0 Å². The quantitative estimate of drug-likeness (QED) is 0.501. The van der Waals surface area contributed by atoms with Crippen LogP contribution < -0.4 is 5.32 Å². The molecule has 0 radical (unpaired) electrons. The van der Waals surface area contributed by atoms with Crippen molar-refractivity contribution < 1.29 is 22.4 Å². The number of anilines is 1. The van der Waals surface area contributed by atoms with Crippen LogP contribution in [-0.4, -0.2) is 25.7 Å². The smallest absolute Gasteiger partial charge is 0.357 e. The second kappa shape index (κ2) is 7.04. The molecule has 0 saturated heterocycles. The van der Waals surface area contributed by atoms with Crippen LogP contribution in [0.4, 0.5) is 23.2 Å². The van der Waals surface area contributed by atoms with Gasteiger partial charge >= 0.3 is 6.18 Å². The molecule has 6 nitrogen and oxygen atoms in total. The molecule has 2 N–H and O–H groups in total. The Bertz CT molecular complexity index is 1180. The number of nitrogens with zero attached hydrogens (tertiary/aromatic N) is 3. The number of carbonyl (C=O) groups excluding carboxylic acids is 1. The van der Waals surface area contributed by atoms with Crippen LogP contribution in [-0.2, 0) is 12.7 Å². The predicted molar refractivity (Wildman–Crippen MR) is 96.8 cm³/mol. The van der Waals surface area contributed by atoms with E-state index in [0.717, 1.165) is 18.3 Å². The molecule has 0 fully saturated rings. The number of aromatic nitrogens is 4. The van der Waals surface area contributed by atoms with Crippen LogP contribution in [0.3, 0.4) is 0 Å². The third-order valence-electron chi connectivity index (χ3n) is 4.32. The van der Waals surface area contributed by atoms with E-state index < -0.39 is 23.5 Å². The number of aromatic amines is 1. The fraction of sp³-hybridized carbons (Fsp3) is 0.105. The van der Waals surface area contributed by atoms with E-state index >= 15 is 0 Å². The molecule has 0 aliphatic carbocycles. The number of fused-ring (bicyclic) bond motifs is 1. The fourth-order valence-corrected chi connectivity index (χ4v) is 2.86. The highest BCUT2D eigenvalue weighted by molar-refractivity contribution is 6.08. The van der Waals surface area contributed by atoms with E-state index in [0.29, 0.717) is 16.6 Å². The molecule has 1 aromatic carbocycles. The molecule has 10 heteroatoms. The Balaban J connectivity index is 1.47. The van der Waals surface area contributed by atoms with Gasteiger partial charge in [0.1, 0.15) is 0 Å². The monoisotopic (exact) mass is 403 g/mol. The summed E-state index contributed by atoms with van der Waals surface area (Å²) in [6.45, 7) is 0.202. The fourth-order valence-electron chi connectivity index (χ4n) is 2.86. The van der Waals surface area contributed by atoms with Crippen molar-refractivity contribution in [2.24, 2.45) is 0 Å². The maximum atomic E-state index is 13.7. The molecule has 0 unspecified atom stereocenters. The van der Waals surface area contributed by atoms with Gasteiger partial charge in [-0.3, -0.25) is 14.5 Å². The summed E-state index contributed by atoms with van der Waals surface area (Å²) in [5, 5.41) is 7.14. The first-order chi connectivity index (χ1) is 13.8. The average molecular weight is 403 g/mol. The Kier molecular flexibility index (Phi) is 4.53. The number of nitrogens with one attached hydrogen (secondary N) is 2. The van der Waals surface area contributed by atoms with Gasteiger partial charge in [-0.1, -0.05) is 12.1 Å². The molecule has 148 valence electrons. The number of H-pyrrole nitrogens is 1. The summed E-state index contributed by atoms with van der Waals surface area (Å²) in [5.41, 5.74) is 0.717. The van der Waals surface area contributed by atoms with Crippen LogP contribution in [0.25, 0.3) is 10.9 Å². The number of rotatable bonds is 4. The topological polar surface area (TPSA) is 75.6 Å². The number of benzene rings is 1. The largest absolute Gasteiger partial charge is 0.416 e. The van der Waals surface area contributed by atoms with E-state index in [4.69, 9.17) is 0 Å². The van der Waals surface area contributed by atoms with Gasteiger partial charge in [-0.25, -0.2) is 4.39 Å². The highest BCUT2D eigenvalue weighted by atomic mass is 19.4. The summed E-state index contributed by atoms with van der Waals surface area (Å²) in [5.74, 6) is -0.999. The second-order valence-electron chi connectivity index (χ2n) is 6.32. The molecule has 0 spiro atoms. The van der Waals surface area contributed by atoms with E-state index in [1.807, 2.05) is 0 Å². The standard InChI is InChI=1S/C19H13F4N5O/c20-15-7-24-6-14-16(8-25-17(14)15)27-18(29)12-5-26-28(10-12)9-11-1-3-13(4-2-11)19(21,22)23/h1-8,10,25H,9H2,(H,27,29). The Morgan fingerprint density at radius 1 is 1.14 bits per heavy atom. The molecule has 4 aromatic rings. The van der Waals surface area contributed by atoms with Crippen LogP contribution in [0.5, 0.6) is 0 Å². The molecule has 4 rings (SSSR count). The van der Waals surface area contributed by atoms with Gasteiger partial charge in [0.15, 0.2) is 5.82 Å². The van der Waals surface area contributed by atoms with Gasteiger partial charge in [-0.05, 0) is 17.7 Å². The van der Waals surface area contributed by atoms with E-state index in [9.17, 15) is 22.4 Å². The van der Waals surface area contributed by atoms with Crippen molar-refractivity contribution in [3.8, 4) is 0 Å². The Labute approximate surface area is 161 Å². The lowest BCUT2D eigenvalue weighted by atomic mass is 10.1. The highest BCUT2D eigenvalue weighted by Crippen LogP contribution is 2.29. The summed E-state index contributed by atoms with van der Waals surface area (Å²) in [6.07, 6.45) is 2.37. The van der Waals surface area contributed by atoms with Crippen molar-refractivity contribution in [1.82, 2.24) is 19.7 Å². The van der Waals surface area contributed by atoms with E-state index in [1.165, 1.54) is 41.6 Å². The normalized spacial score (nSPS) is 11.7. The van der Waals surface area contributed by atoms with E-state index in [1.54, 1.807) is 0 Å². The van der Waals surface area contributed by atoms with Crippen molar-refractivity contribution in [3.05, 3.63) is 77.8 Å². The summed E-state index contributed by atoms with van der Waals surface area (Å²) < 4.78 is 53.0. The molecule has 3 aromatic heterocycles. The zero-order valence-corrected chi connectivity index (χ0v) is 14.7. The predicted octanol–water partition coefficient (Wildman–Crippen LogP) is 4.22. The van der Waals surface area contributed by atoms with E-state index in [-0.39, 0.29) is 17.6 Å². The molecule has 0 aliphatic rings. The molecule has 3 heterocycles. The summed E-state index contributed by atoms with van der Waals surface area (Å²) in [4.78, 5) is 18.9. The summed E-state index contributed by atoms with van der Waals surface area (Å²) in [6, 6.07) is 4.71. The molecule has 0 saturated carbocycles. The molecule has 0 aliphatic heterocycles. The third-order valence-corrected chi connectivity index (χ3v) is 4.32. The molecule has 0 bridgehead atoms. The van der Waals surface area contributed by atoms with Crippen LogP contribution in [0.1, 0.15) is 21.5 Å². The molecular formula is C19H13F4N5O. The Hall–Kier alpha value is -3.69. The van der Waals surface area contributed by atoms with Crippen LogP contribution in [0.15, 0.2) is 55.2 Å². The number of halogens is 4. The van der Waals surface area contributed by atoms with Gasteiger partial charge in [0.25, 0.3) is 5.91 Å². The summed E-state index contributed by atoms with van der Waals surface area (Å²) in [7, 11) is 0. The minimum atomic E-state index is -4.39. The Morgan fingerprint density at radius 3 is 2.62 bits per heavy atom. The molecule has 0 atom stereocenters. The van der Waals surface area contributed by atoms with Crippen LogP contribution >= 0.6 is 0 Å². The maximum absolute atomic E-state index is 13.7. The lowest BCUT2D eigenvalue weighted by Gasteiger charge is -2.07. The van der Waals surface area contributed by atoms with Crippen molar-refractivity contribution in [1.29, 1.82) is 0 Å². The number of hydrogen-bond donors (Lipinski definition) is 2. The second-order valence-corrected chi connectivity index (χ2v) is 6.32. The van der Waals surface area contributed by atoms with Crippen molar-refractivity contribution in [2.45, 2.75) is 12.7 Å². The van der Waals surface area contributed by atoms with Gasteiger partial charge in [-0.2, -0.15) is 18.3 Å². The number of carbonyl (C=O) groups is 1. The average Bonchev–Trinajstić information content (AvgIpc) is 3.30. The third kappa shape index (κ3) is 3.82.